The lowest BCUT2D eigenvalue weighted by atomic mass is 10.1. The Morgan fingerprint density at radius 3 is 3.11 bits per heavy atom. The van der Waals surface area contributed by atoms with Gasteiger partial charge in [-0.1, -0.05) is 15.9 Å². The zero-order chi connectivity index (χ0) is 13.0. The van der Waals surface area contributed by atoms with Crippen LogP contribution in [0, 0.1) is 0 Å². The fourth-order valence-electron chi connectivity index (χ4n) is 2.16. The molecule has 1 heterocycles. The number of halogens is 1. The van der Waals surface area contributed by atoms with Gasteiger partial charge in [0, 0.05) is 42.8 Å². The number of methoxy groups -OCH3 is 1. The molecule has 0 saturated heterocycles. The van der Waals surface area contributed by atoms with Gasteiger partial charge >= 0.3 is 0 Å². The van der Waals surface area contributed by atoms with E-state index in [4.69, 9.17) is 9.47 Å². The Morgan fingerprint density at radius 2 is 2.33 bits per heavy atom. The molecule has 1 aliphatic heterocycles. The third-order valence-electron chi connectivity index (χ3n) is 3.22. The predicted octanol–water partition coefficient (Wildman–Crippen LogP) is 2.90. The highest BCUT2D eigenvalue weighted by Gasteiger charge is 2.17. The summed E-state index contributed by atoms with van der Waals surface area (Å²) >= 11 is 3.56. The van der Waals surface area contributed by atoms with Crippen LogP contribution < -0.4 is 10.1 Å². The van der Waals surface area contributed by atoms with Gasteiger partial charge in [-0.25, -0.2) is 0 Å². The molecule has 0 radical (unpaired) electrons. The molecule has 100 valence electrons. The molecule has 1 aromatic carbocycles. The molecule has 0 amide bonds. The highest BCUT2D eigenvalue weighted by molar-refractivity contribution is 9.10. The Bertz CT molecular complexity index is 409. The smallest absolute Gasteiger partial charge is 0.127 e. The van der Waals surface area contributed by atoms with Crippen LogP contribution in [0.25, 0.3) is 0 Å². The van der Waals surface area contributed by atoms with E-state index in [1.54, 1.807) is 7.11 Å². The van der Waals surface area contributed by atoms with Gasteiger partial charge in [0.2, 0.25) is 0 Å². The average Bonchev–Trinajstić information content (AvgIpc) is 2.81. The summed E-state index contributed by atoms with van der Waals surface area (Å²) in [4.78, 5) is 0. The van der Waals surface area contributed by atoms with Crippen LogP contribution >= 0.6 is 15.9 Å². The van der Waals surface area contributed by atoms with Gasteiger partial charge in [0.05, 0.1) is 6.61 Å². The number of benzene rings is 1. The van der Waals surface area contributed by atoms with Gasteiger partial charge in [-0.15, -0.1) is 0 Å². The van der Waals surface area contributed by atoms with E-state index in [0.717, 1.165) is 42.8 Å². The van der Waals surface area contributed by atoms with Crippen molar-refractivity contribution in [2.24, 2.45) is 0 Å². The fourth-order valence-corrected chi connectivity index (χ4v) is 2.71. The van der Waals surface area contributed by atoms with Crippen molar-refractivity contribution < 1.29 is 9.47 Å². The number of ether oxygens (including phenoxy) is 2. The molecule has 1 aliphatic rings. The van der Waals surface area contributed by atoms with Gasteiger partial charge in [-0.2, -0.15) is 0 Å². The second kappa shape index (κ2) is 6.55. The summed E-state index contributed by atoms with van der Waals surface area (Å²) in [5, 5.41) is 3.51. The Hall–Kier alpha value is -0.580. The number of fused-ring (bicyclic) bond motifs is 1. The third-order valence-corrected chi connectivity index (χ3v) is 3.68. The number of hydrogen-bond donors (Lipinski definition) is 1. The van der Waals surface area contributed by atoms with Crippen LogP contribution in [0.4, 0.5) is 0 Å². The second-order valence-electron chi connectivity index (χ2n) is 4.72. The molecule has 0 aromatic heterocycles. The number of hydrogen-bond acceptors (Lipinski definition) is 3. The van der Waals surface area contributed by atoms with Gasteiger partial charge in [-0.05, 0) is 31.0 Å². The molecule has 0 bridgehead atoms. The lowest BCUT2D eigenvalue weighted by Crippen LogP contribution is -2.26. The lowest BCUT2D eigenvalue weighted by molar-refractivity contribution is 0.184. The van der Waals surface area contributed by atoms with Crippen LogP contribution in [0.3, 0.4) is 0 Å². The molecule has 1 atom stereocenters. The van der Waals surface area contributed by atoms with Crippen LogP contribution in [-0.4, -0.2) is 26.4 Å². The lowest BCUT2D eigenvalue weighted by Gasteiger charge is -2.15. The maximum atomic E-state index is 5.71. The molecule has 0 aliphatic carbocycles. The molecule has 0 spiro atoms. The first-order chi connectivity index (χ1) is 8.70. The van der Waals surface area contributed by atoms with E-state index in [1.165, 1.54) is 11.1 Å². The molecule has 2 rings (SSSR count). The summed E-state index contributed by atoms with van der Waals surface area (Å²) in [6.07, 6.45) is 2.04. The van der Waals surface area contributed by atoms with Crippen LogP contribution in [0.2, 0.25) is 0 Å². The molecule has 0 fully saturated rings. The first-order valence-electron chi connectivity index (χ1n) is 6.37. The Balaban J connectivity index is 1.97. The SMILES string of the molecule is COCCC(C)NCc1cc(Br)cc2c1OCC2. The van der Waals surface area contributed by atoms with E-state index in [0.29, 0.717) is 6.04 Å². The van der Waals surface area contributed by atoms with Crippen LogP contribution in [0.15, 0.2) is 16.6 Å². The topological polar surface area (TPSA) is 30.5 Å². The fraction of sp³-hybridized carbons (Fsp3) is 0.571. The Morgan fingerprint density at radius 1 is 1.50 bits per heavy atom. The highest BCUT2D eigenvalue weighted by Crippen LogP contribution is 2.32. The molecule has 1 N–H and O–H groups in total. The van der Waals surface area contributed by atoms with Gasteiger partial charge < -0.3 is 14.8 Å². The number of rotatable bonds is 6. The minimum Gasteiger partial charge on any atom is -0.493 e. The molecule has 1 aromatic rings. The van der Waals surface area contributed by atoms with E-state index >= 15 is 0 Å². The summed E-state index contributed by atoms with van der Waals surface area (Å²) in [6.45, 7) is 4.62. The zero-order valence-corrected chi connectivity index (χ0v) is 12.5. The number of nitrogens with one attached hydrogen (secondary N) is 1. The molecule has 1 unspecified atom stereocenters. The third kappa shape index (κ3) is 3.46. The molecule has 0 saturated carbocycles. The Labute approximate surface area is 117 Å². The average molecular weight is 314 g/mol. The van der Waals surface area contributed by atoms with E-state index in [-0.39, 0.29) is 0 Å². The highest BCUT2D eigenvalue weighted by atomic mass is 79.9. The predicted molar refractivity (Wildman–Crippen MR) is 76.1 cm³/mol. The minimum atomic E-state index is 0.445. The van der Waals surface area contributed by atoms with E-state index in [1.807, 2.05) is 0 Å². The summed E-state index contributed by atoms with van der Waals surface area (Å²) < 4.78 is 11.9. The standard InChI is InChI=1S/C14H20BrNO2/c1-10(3-5-17-2)16-9-12-8-13(15)7-11-4-6-18-14(11)12/h7-8,10,16H,3-6,9H2,1-2H3. The van der Waals surface area contributed by atoms with Crippen molar-refractivity contribution in [1.82, 2.24) is 5.32 Å². The molecular formula is C14H20BrNO2. The summed E-state index contributed by atoms with van der Waals surface area (Å²) in [7, 11) is 1.74. The van der Waals surface area contributed by atoms with Crippen molar-refractivity contribution in [3.8, 4) is 5.75 Å². The van der Waals surface area contributed by atoms with Crippen LogP contribution in [0.1, 0.15) is 24.5 Å². The van der Waals surface area contributed by atoms with Gasteiger partial charge in [0.15, 0.2) is 0 Å². The van der Waals surface area contributed by atoms with E-state index in [2.05, 4.69) is 40.3 Å². The summed E-state index contributed by atoms with van der Waals surface area (Å²) in [5.74, 6) is 1.07. The van der Waals surface area contributed by atoms with Crippen molar-refractivity contribution in [1.29, 1.82) is 0 Å². The second-order valence-corrected chi connectivity index (χ2v) is 5.63. The van der Waals surface area contributed by atoms with Crippen molar-refractivity contribution >= 4 is 15.9 Å². The van der Waals surface area contributed by atoms with Gasteiger partial charge in [0.25, 0.3) is 0 Å². The van der Waals surface area contributed by atoms with Crippen molar-refractivity contribution in [2.75, 3.05) is 20.3 Å². The molecule has 4 heteroatoms. The monoisotopic (exact) mass is 313 g/mol. The first-order valence-corrected chi connectivity index (χ1v) is 7.16. The van der Waals surface area contributed by atoms with Crippen molar-refractivity contribution in [2.45, 2.75) is 32.4 Å². The minimum absolute atomic E-state index is 0.445. The normalized spacial score (nSPS) is 15.3. The first kappa shape index (κ1) is 13.8. The largest absolute Gasteiger partial charge is 0.493 e. The maximum absolute atomic E-state index is 5.71. The van der Waals surface area contributed by atoms with E-state index < -0.39 is 0 Å². The quantitative estimate of drug-likeness (QED) is 0.876. The molecular weight excluding hydrogens is 294 g/mol. The molecule has 3 nitrogen and oxygen atoms in total. The molecule has 18 heavy (non-hydrogen) atoms. The van der Waals surface area contributed by atoms with Crippen LogP contribution in [-0.2, 0) is 17.7 Å². The Kier molecular flexibility index (Phi) is 5.03. The van der Waals surface area contributed by atoms with Gasteiger partial charge in [0.1, 0.15) is 5.75 Å². The van der Waals surface area contributed by atoms with Crippen molar-refractivity contribution in [3.05, 3.63) is 27.7 Å². The maximum Gasteiger partial charge on any atom is 0.127 e. The van der Waals surface area contributed by atoms with Crippen molar-refractivity contribution in [3.63, 3.8) is 0 Å². The summed E-state index contributed by atoms with van der Waals surface area (Å²) in [6, 6.07) is 4.74. The van der Waals surface area contributed by atoms with Gasteiger partial charge in [-0.3, -0.25) is 0 Å². The van der Waals surface area contributed by atoms with Crippen LogP contribution in [0.5, 0.6) is 5.75 Å². The summed E-state index contributed by atoms with van der Waals surface area (Å²) in [5.41, 5.74) is 2.55. The van der Waals surface area contributed by atoms with E-state index in [9.17, 15) is 0 Å². The zero-order valence-electron chi connectivity index (χ0n) is 11.0.